The van der Waals surface area contributed by atoms with Crippen molar-refractivity contribution in [3.63, 3.8) is 0 Å². The minimum absolute atomic E-state index is 0.0642. The Morgan fingerprint density at radius 3 is 2.56 bits per heavy atom. The molecular formula is C20H32N4O2S. The van der Waals surface area contributed by atoms with E-state index in [9.17, 15) is 4.79 Å². The van der Waals surface area contributed by atoms with Crippen LogP contribution < -0.4 is 5.32 Å². The van der Waals surface area contributed by atoms with Crippen LogP contribution in [0.5, 0.6) is 0 Å². The lowest BCUT2D eigenvalue weighted by atomic mass is 9.91. The molecule has 7 heteroatoms. The molecule has 0 saturated carbocycles. The lowest BCUT2D eigenvalue weighted by molar-refractivity contribution is -0.140. The van der Waals surface area contributed by atoms with Crippen LogP contribution in [0.3, 0.4) is 0 Å². The molecule has 27 heavy (non-hydrogen) atoms. The minimum Gasteiger partial charge on any atom is -0.378 e. The van der Waals surface area contributed by atoms with Gasteiger partial charge in [-0.3, -0.25) is 9.79 Å². The lowest BCUT2D eigenvalue weighted by Crippen LogP contribution is -2.51. The van der Waals surface area contributed by atoms with Crippen molar-refractivity contribution in [1.29, 1.82) is 0 Å². The van der Waals surface area contributed by atoms with Gasteiger partial charge in [-0.2, -0.15) is 0 Å². The summed E-state index contributed by atoms with van der Waals surface area (Å²) < 4.78 is 5.36. The van der Waals surface area contributed by atoms with Crippen LogP contribution in [0, 0.1) is 5.92 Å². The van der Waals surface area contributed by atoms with E-state index in [0.29, 0.717) is 19.1 Å². The van der Waals surface area contributed by atoms with Gasteiger partial charge >= 0.3 is 0 Å². The number of guanidine groups is 1. The van der Waals surface area contributed by atoms with Crippen LogP contribution in [0.4, 0.5) is 0 Å². The van der Waals surface area contributed by atoms with Crippen molar-refractivity contribution < 1.29 is 9.53 Å². The van der Waals surface area contributed by atoms with Crippen molar-refractivity contribution in [2.45, 2.75) is 32.1 Å². The maximum absolute atomic E-state index is 12.7. The standard InChI is InChI=1S/C20H32N4O2S/c1-20(2,17-5-4-14-27-17)15-22-19(21-3)24-8-6-16(7-9-24)18(25)23-10-12-26-13-11-23/h4-5,14,16H,6-13,15H2,1-3H3,(H,21,22). The summed E-state index contributed by atoms with van der Waals surface area (Å²) in [5, 5.41) is 5.67. The fourth-order valence-corrected chi connectivity index (χ4v) is 4.62. The second-order valence-corrected chi connectivity index (χ2v) is 8.91. The molecule has 0 atom stereocenters. The summed E-state index contributed by atoms with van der Waals surface area (Å²) in [6.07, 6.45) is 1.79. The van der Waals surface area contributed by atoms with Gasteiger partial charge in [0.05, 0.1) is 13.2 Å². The molecule has 2 aliphatic rings. The van der Waals surface area contributed by atoms with E-state index in [0.717, 1.165) is 51.5 Å². The summed E-state index contributed by atoms with van der Waals surface area (Å²) in [5.74, 6) is 1.39. The van der Waals surface area contributed by atoms with Gasteiger partial charge in [0.1, 0.15) is 0 Å². The van der Waals surface area contributed by atoms with E-state index in [1.165, 1.54) is 4.88 Å². The quantitative estimate of drug-likeness (QED) is 0.630. The molecule has 2 aliphatic heterocycles. The number of rotatable bonds is 4. The van der Waals surface area contributed by atoms with E-state index in [-0.39, 0.29) is 11.3 Å². The number of aliphatic imine (C=N–C) groups is 1. The van der Waals surface area contributed by atoms with Crippen molar-refractivity contribution in [2.24, 2.45) is 10.9 Å². The van der Waals surface area contributed by atoms with Gasteiger partial charge in [0.25, 0.3) is 0 Å². The first-order valence-electron chi connectivity index (χ1n) is 9.87. The zero-order valence-electron chi connectivity index (χ0n) is 16.7. The highest BCUT2D eigenvalue weighted by Crippen LogP contribution is 2.27. The molecule has 0 aliphatic carbocycles. The third kappa shape index (κ3) is 5.02. The first kappa shape index (κ1) is 20.1. The smallest absolute Gasteiger partial charge is 0.225 e. The van der Waals surface area contributed by atoms with Crippen LogP contribution in [0.15, 0.2) is 22.5 Å². The van der Waals surface area contributed by atoms with Crippen molar-refractivity contribution in [1.82, 2.24) is 15.1 Å². The highest BCUT2D eigenvalue weighted by Gasteiger charge is 2.31. The number of hydrogen-bond donors (Lipinski definition) is 1. The second kappa shape index (κ2) is 9.06. The number of ether oxygens (including phenoxy) is 1. The molecule has 150 valence electrons. The number of nitrogens with one attached hydrogen (secondary N) is 1. The summed E-state index contributed by atoms with van der Waals surface area (Å²) in [5.41, 5.74) is 0.0642. The van der Waals surface area contributed by atoms with Crippen LogP contribution in [-0.2, 0) is 14.9 Å². The van der Waals surface area contributed by atoms with Crippen molar-refractivity contribution in [2.75, 3.05) is 53.0 Å². The number of piperidine rings is 1. The highest BCUT2D eigenvalue weighted by molar-refractivity contribution is 7.10. The Hall–Kier alpha value is -1.60. The van der Waals surface area contributed by atoms with E-state index in [1.54, 1.807) is 11.3 Å². The third-order valence-corrected chi connectivity index (χ3v) is 6.79. The molecule has 1 aromatic rings. The third-order valence-electron chi connectivity index (χ3n) is 5.55. The Labute approximate surface area is 166 Å². The number of morpholine rings is 1. The molecule has 1 aromatic heterocycles. The topological polar surface area (TPSA) is 57.2 Å². The van der Waals surface area contributed by atoms with Gasteiger partial charge < -0.3 is 19.9 Å². The summed E-state index contributed by atoms with van der Waals surface area (Å²) in [6, 6.07) is 4.30. The Kier molecular flexibility index (Phi) is 6.76. The lowest BCUT2D eigenvalue weighted by Gasteiger charge is -2.37. The average Bonchev–Trinajstić information content (AvgIpc) is 3.25. The van der Waals surface area contributed by atoms with Crippen molar-refractivity contribution in [3.8, 4) is 0 Å². The number of thiophene rings is 1. The number of carbonyl (C=O) groups excluding carboxylic acids is 1. The van der Waals surface area contributed by atoms with E-state index in [2.05, 4.69) is 46.6 Å². The Bertz CT molecular complexity index is 630. The van der Waals surface area contributed by atoms with Crippen LogP contribution in [0.1, 0.15) is 31.6 Å². The number of likely N-dealkylation sites (tertiary alicyclic amines) is 1. The second-order valence-electron chi connectivity index (χ2n) is 7.96. The average molecular weight is 393 g/mol. The fourth-order valence-electron chi connectivity index (χ4n) is 3.76. The van der Waals surface area contributed by atoms with E-state index in [4.69, 9.17) is 4.74 Å². The Balaban J connectivity index is 1.49. The first-order chi connectivity index (χ1) is 13.0. The number of hydrogen-bond acceptors (Lipinski definition) is 4. The van der Waals surface area contributed by atoms with Crippen LogP contribution in [-0.4, -0.2) is 74.7 Å². The zero-order chi connectivity index (χ0) is 19.3. The van der Waals surface area contributed by atoms with Gasteiger partial charge in [0, 0.05) is 56.0 Å². The number of carbonyl (C=O) groups is 1. The molecule has 1 N–H and O–H groups in total. The van der Waals surface area contributed by atoms with Gasteiger partial charge in [-0.1, -0.05) is 19.9 Å². The van der Waals surface area contributed by atoms with Gasteiger partial charge in [0.2, 0.25) is 5.91 Å². The zero-order valence-corrected chi connectivity index (χ0v) is 17.6. The van der Waals surface area contributed by atoms with E-state index >= 15 is 0 Å². The largest absolute Gasteiger partial charge is 0.378 e. The molecule has 0 unspecified atom stereocenters. The number of amides is 1. The van der Waals surface area contributed by atoms with Gasteiger partial charge in [-0.25, -0.2) is 0 Å². The predicted molar refractivity (Wildman–Crippen MR) is 110 cm³/mol. The summed E-state index contributed by atoms with van der Waals surface area (Å²) in [6.45, 7) is 9.91. The molecule has 1 amide bonds. The van der Waals surface area contributed by atoms with E-state index in [1.807, 2.05) is 11.9 Å². The highest BCUT2D eigenvalue weighted by atomic mass is 32.1. The van der Waals surface area contributed by atoms with Crippen LogP contribution in [0.25, 0.3) is 0 Å². The molecular weight excluding hydrogens is 360 g/mol. The Morgan fingerprint density at radius 2 is 1.96 bits per heavy atom. The van der Waals surface area contributed by atoms with Crippen molar-refractivity contribution >= 4 is 23.2 Å². The van der Waals surface area contributed by atoms with Crippen molar-refractivity contribution in [3.05, 3.63) is 22.4 Å². The number of nitrogens with zero attached hydrogens (tertiary/aromatic N) is 3. The molecule has 2 fully saturated rings. The Morgan fingerprint density at radius 1 is 1.26 bits per heavy atom. The normalized spacial score (nSPS) is 20.0. The van der Waals surface area contributed by atoms with Crippen LogP contribution >= 0.6 is 11.3 Å². The monoisotopic (exact) mass is 392 g/mol. The minimum atomic E-state index is 0.0642. The molecule has 0 radical (unpaired) electrons. The fraction of sp³-hybridized carbons (Fsp3) is 0.700. The molecule has 0 aromatic carbocycles. The summed E-state index contributed by atoms with van der Waals surface area (Å²) >= 11 is 1.80. The molecule has 0 spiro atoms. The summed E-state index contributed by atoms with van der Waals surface area (Å²) in [4.78, 5) is 22.8. The maximum Gasteiger partial charge on any atom is 0.225 e. The maximum atomic E-state index is 12.7. The van der Waals surface area contributed by atoms with E-state index < -0.39 is 0 Å². The molecule has 0 bridgehead atoms. The summed E-state index contributed by atoms with van der Waals surface area (Å²) in [7, 11) is 1.84. The van der Waals surface area contributed by atoms with Gasteiger partial charge in [0.15, 0.2) is 5.96 Å². The molecule has 2 saturated heterocycles. The molecule has 6 nitrogen and oxygen atoms in total. The van der Waals surface area contributed by atoms with Crippen LogP contribution in [0.2, 0.25) is 0 Å². The first-order valence-corrected chi connectivity index (χ1v) is 10.8. The molecule has 3 rings (SSSR count). The predicted octanol–water partition coefficient (Wildman–Crippen LogP) is 2.17. The SMILES string of the molecule is CN=C(NCC(C)(C)c1cccs1)N1CCC(C(=O)N2CCOCC2)CC1. The van der Waals surface area contributed by atoms with Gasteiger partial charge in [-0.15, -0.1) is 11.3 Å². The molecule has 3 heterocycles. The van der Waals surface area contributed by atoms with Gasteiger partial charge in [-0.05, 0) is 24.3 Å².